The predicted molar refractivity (Wildman–Crippen MR) is 284 cm³/mol. The van der Waals surface area contributed by atoms with Crippen LogP contribution in [0.2, 0.25) is 0 Å². The molecule has 392 valence electrons. The van der Waals surface area contributed by atoms with Crippen molar-refractivity contribution in [1.29, 1.82) is 0 Å². The number of nitrogens with zero attached hydrogens (tertiary/aromatic N) is 2. The highest BCUT2D eigenvalue weighted by molar-refractivity contribution is 5.76. The van der Waals surface area contributed by atoms with Crippen LogP contribution in [0.15, 0.2) is 0 Å². The standard InChI is InChI=1S/C59H116N2O5/c1-6-11-16-19-26-33-45-57(62)61(51-38-50-60-48-36-37-49-60)56(43-31-24-20-22-27-34-46-58(63)65-52-54(39-14-9-4)41-29-17-12-7-2)44-32-25-21-23-28-35-47-59(64)66-53-55(40-15-10-5)42-30-18-13-8-3/h54-56,58,63H,6-53H2,1-5H3. The van der Waals surface area contributed by atoms with Crippen molar-refractivity contribution >= 4 is 11.9 Å². The van der Waals surface area contributed by atoms with Crippen molar-refractivity contribution in [3.8, 4) is 0 Å². The summed E-state index contributed by atoms with van der Waals surface area (Å²) in [5, 5.41) is 10.6. The first kappa shape index (κ1) is 62.8. The third-order valence-corrected chi connectivity index (χ3v) is 14.9. The number of unbranched alkanes of at least 4 members (excludes halogenated alkanes) is 23. The van der Waals surface area contributed by atoms with Gasteiger partial charge in [-0.05, 0) is 115 Å². The first-order chi connectivity index (χ1) is 32.4. The number of rotatable bonds is 51. The van der Waals surface area contributed by atoms with Crippen molar-refractivity contribution in [1.82, 2.24) is 9.80 Å². The van der Waals surface area contributed by atoms with Crippen LogP contribution in [0, 0.1) is 11.8 Å². The summed E-state index contributed by atoms with van der Waals surface area (Å²) < 4.78 is 11.8. The molecule has 7 heteroatoms. The SMILES string of the molecule is CCCCCCCCC(=O)N(CCCN1CCCC1)C(CCCCCCCCC(=O)OCC(CCCC)CCCCCC)CCCCCCCCC(O)OCC(CCCC)CCCCCC. The van der Waals surface area contributed by atoms with Gasteiger partial charge in [0, 0.05) is 25.4 Å². The van der Waals surface area contributed by atoms with E-state index >= 15 is 0 Å². The molecule has 66 heavy (non-hydrogen) atoms. The Morgan fingerprint density at radius 3 is 1.41 bits per heavy atom. The van der Waals surface area contributed by atoms with Crippen molar-refractivity contribution in [3.05, 3.63) is 0 Å². The van der Waals surface area contributed by atoms with Crippen LogP contribution < -0.4 is 0 Å². The minimum atomic E-state index is -0.623. The molecule has 0 aromatic heterocycles. The molecule has 0 saturated carbocycles. The van der Waals surface area contributed by atoms with Gasteiger partial charge < -0.3 is 24.4 Å². The minimum Gasteiger partial charge on any atom is -0.465 e. The smallest absolute Gasteiger partial charge is 0.305 e. The summed E-state index contributed by atoms with van der Waals surface area (Å²) in [6.07, 6.45) is 48.6. The Bertz CT molecular complexity index is 1040. The molecule has 0 spiro atoms. The molecular formula is C59H116N2O5. The number of ether oxygens (including phenoxy) is 2. The third-order valence-electron chi connectivity index (χ3n) is 14.9. The number of hydrogen-bond donors (Lipinski definition) is 1. The second-order valence-corrected chi connectivity index (χ2v) is 21.2. The fraction of sp³-hybridized carbons (Fsp3) is 0.966. The van der Waals surface area contributed by atoms with Gasteiger partial charge in [-0.2, -0.15) is 0 Å². The fourth-order valence-electron chi connectivity index (χ4n) is 10.3. The van der Waals surface area contributed by atoms with E-state index in [2.05, 4.69) is 44.4 Å². The Balaban J connectivity index is 2.62. The van der Waals surface area contributed by atoms with Gasteiger partial charge in [0.15, 0.2) is 6.29 Å². The zero-order valence-electron chi connectivity index (χ0n) is 45.2. The monoisotopic (exact) mass is 933 g/mol. The van der Waals surface area contributed by atoms with Gasteiger partial charge >= 0.3 is 5.97 Å². The Labute approximate surface area is 412 Å². The summed E-state index contributed by atoms with van der Waals surface area (Å²) >= 11 is 0. The molecule has 1 heterocycles. The van der Waals surface area contributed by atoms with Crippen LogP contribution in [0.25, 0.3) is 0 Å². The topological polar surface area (TPSA) is 79.3 Å². The molecular weight excluding hydrogens is 817 g/mol. The molecule has 1 aliphatic rings. The maximum absolute atomic E-state index is 14.1. The molecule has 1 amide bonds. The van der Waals surface area contributed by atoms with Crippen molar-refractivity contribution in [2.24, 2.45) is 11.8 Å². The Morgan fingerprint density at radius 2 is 0.879 bits per heavy atom. The molecule has 0 aromatic carbocycles. The van der Waals surface area contributed by atoms with E-state index in [1.165, 1.54) is 212 Å². The molecule has 0 aliphatic carbocycles. The lowest BCUT2D eigenvalue weighted by atomic mass is 9.96. The van der Waals surface area contributed by atoms with E-state index in [1.54, 1.807) is 0 Å². The number of amides is 1. The number of carbonyl (C=O) groups excluding carboxylic acids is 2. The number of aliphatic hydroxyl groups excluding tert-OH is 1. The lowest BCUT2D eigenvalue weighted by molar-refractivity contribution is -0.145. The number of hydrogen-bond acceptors (Lipinski definition) is 6. The quantitative estimate of drug-likeness (QED) is 0.0372. The van der Waals surface area contributed by atoms with Gasteiger partial charge in [0.1, 0.15) is 0 Å². The Kier molecular flexibility index (Phi) is 45.2. The van der Waals surface area contributed by atoms with Crippen molar-refractivity contribution in [2.45, 2.75) is 317 Å². The second kappa shape index (κ2) is 47.5. The first-order valence-corrected chi connectivity index (χ1v) is 29.8. The van der Waals surface area contributed by atoms with Crippen molar-refractivity contribution < 1.29 is 24.2 Å². The highest BCUT2D eigenvalue weighted by Gasteiger charge is 2.24. The summed E-state index contributed by atoms with van der Waals surface area (Å²) in [5.74, 6) is 1.53. The van der Waals surface area contributed by atoms with E-state index in [-0.39, 0.29) is 5.97 Å². The molecule has 0 bridgehead atoms. The van der Waals surface area contributed by atoms with Gasteiger partial charge in [-0.3, -0.25) is 9.59 Å². The molecule has 4 unspecified atom stereocenters. The summed E-state index contributed by atoms with van der Waals surface area (Å²) in [4.78, 5) is 31.7. The van der Waals surface area contributed by atoms with Crippen LogP contribution in [0.5, 0.6) is 0 Å². The van der Waals surface area contributed by atoms with Crippen molar-refractivity contribution in [2.75, 3.05) is 39.4 Å². The molecule has 0 radical (unpaired) electrons. The van der Waals surface area contributed by atoms with E-state index in [4.69, 9.17) is 9.47 Å². The zero-order chi connectivity index (χ0) is 48.0. The van der Waals surface area contributed by atoms with Crippen LogP contribution in [0.1, 0.15) is 304 Å². The average Bonchev–Trinajstić information content (AvgIpc) is 3.85. The van der Waals surface area contributed by atoms with Crippen LogP contribution in [0.4, 0.5) is 0 Å². The summed E-state index contributed by atoms with van der Waals surface area (Å²) in [5.41, 5.74) is 0. The largest absolute Gasteiger partial charge is 0.465 e. The second-order valence-electron chi connectivity index (χ2n) is 21.2. The van der Waals surface area contributed by atoms with Gasteiger partial charge in [-0.1, -0.05) is 208 Å². The van der Waals surface area contributed by atoms with E-state index in [0.717, 1.165) is 70.9 Å². The Morgan fingerprint density at radius 1 is 0.470 bits per heavy atom. The Hall–Kier alpha value is -1.18. The average molecular weight is 934 g/mol. The molecule has 1 saturated heterocycles. The number of carbonyl (C=O) groups is 2. The van der Waals surface area contributed by atoms with Gasteiger partial charge in [0.25, 0.3) is 0 Å². The van der Waals surface area contributed by atoms with E-state index in [1.807, 2.05) is 0 Å². The van der Waals surface area contributed by atoms with Gasteiger partial charge in [0.2, 0.25) is 5.91 Å². The third kappa shape index (κ3) is 37.7. The summed E-state index contributed by atoms with van der Waals surface area (Å²) in [6, 6.07) is 0.346. The molecule has 1 rings (SSSR count). The van der Waals surface area contributed by atoms with E-state index in [9.17, 15) is 14.7 Å². The van der Waals surface area contributed by atoms with Crippen LogP contribution in [0.3, 0.4) is 0 Å². The first-order valence-electron chi connectivity index (χ1n) is 29.8. The molecule has 1 fully saturated rings. The predicted octanol–water partition coefficient (Wildman–Crippen LogP) is 17.1. The van der Waals surface area contributed by atoms with Gasteiger partial charge in [0.05, 0.1) is 13.2 Å². The summed E-state index contributed by atoms with van der Waals surface area (Å²) in [7, 11) is 0. The molecule has 7 nitrogen and oxygen atoms in total. The minimum absolute atomic E-state index is 0.00149. The molecule has 1 aliphatic heterocycles. The zero-order valence-corrected chi connectivity index (χ0v) is 45.2. The number of esters is 1. The molecule has 0 aromatic rings. The van der Waals surface area contributed by atoms with Crippen LogP contribution in [-0.2, 0) is 19.1 Å². The lowest BCUT2D eigenvalue weighted by Crippen LogP contribution is -2.42. The molecule has 1 N–H and O–H groups in total. The summed E-state index contributed by atoms with van der Waals surface area (Å²) in [6.45, 7) is 17.1. The van der Waals surface area contributed by atoms with Crippen molar-refractivity contribution in [3.63, 3.8) is 0 Å². The molecule has 4 atom stereocenters. The van der Waals surface area contributed by atoms with Crippen LogP contribution in [-0.4, -0.2) is 78.5 Å². The van der Waals surface area contributed by atoms with Gasteiger partial charge in [-0.25, -0.2) is 0 Å². The fourth-order valence-corrected chi connectivity index (χ4v) is 10.3. The maximum Gasteiger partial charge on any atom is 0.305 e. The number of aliphatic hydroxyl groups is 1. The van der Waals surface area contributed by atoms with Gasteiger partial charge in [-0.15, -0.1) is 0 Å². The highest BCUT2D eigenvalue weighted by atomic mass is 16.6. The maximum atomic E-state index is 14.1. The lowest BCUT2D eigenvalue weighted by Gasteiger charge is -2.33. The van der Waals surface area contributed by atoms with Crippen LogP contribution >= 0.6 is 0 Å². The van der Waals surface area contributed by atoms with E-state index < -0.39 is 6.29 Å². The normalized spacial score (nSPS) is 15.0. The number of likely N-dealkylation sites (tertiary alicyclic amines) is 1. The highest BCUT2D eigenvalue weighted by Crippen LogP contribution is 2.24. The van der Waals surface area contributed by atoms with E-state index in [0.29, 0.717) is 49.8 Å².